The van der Waals surface area contributed by atoms with Gasteiger partial charge < -0.3 is 10.3 Å². The van der Waals surface area contributed by atoms with E-state index in [4.69, 9.17) is 0 Å². The van der Waals surface area contributed by atoms with Crippen LogP contribution < -0.4 is 5.32 Å². The second-order valence-corrected chi connectivity index (χ2v) is 4.29. The Morgan fingerprint density at radius 2 is 2.38 bits per heavy atom. The molecule has 1 fully saturated rings. The molecule has 2 aromatic heterocycles. The van der Waals surface area contributed by atoms with Crippen LogP contribution in [0.3, 0.4) is 0 Å². The molecule has 0 radical (unpaired) electrons. The lowest BCUT2D eigenvalue weighted by Crippen LogP contribution is -2.36. The highest BCUT2D eigenvalue weighted by atomic mass is 19.1. The summed E-state index contributed by atoms with van der Waals surface area (Å²) in [5.74, 6) is -0.0125. The standard InChI is InChI=1S/C12H14FN3/c13-10-7-14-3-1-9(10)8-5-12-11(16-6-8)2-4-15-12/h2,4-6,9-10,14-15H,1,3,7H2. The van der Waals surface area contributed by atoms with E-state index in [-0.39, 0.29) is 5.92 Å². The molecule has 2 N–H and O–H groups in total. The highest BCUT2D eigenvalue weighted by Gasteiger charge is 2.26. The van der Waals surface area contributed by atoms with E-state index in [0.29, 0.717) is 6.54 Å². The van der Waals surface area contributed by atoms with E-state index in [0.717, 1.165) is 29.6 Å². The molecule has 0 spiro atoms. The maximum absolute atomic E-state index is 13.8. The lowest BCUT2D eigenvalue weighted by atomic mass is 9.89. The fourth-order valence-electron chi connectivity index (χ4n) is 2.35. The number of H-pyrrole nitrogens is 1. The van der Waals surface area contributed by atoms with Crippen LogP contribution in [0.1, 0.15) is 17.9 Å². The molecule has 1 aliphatic heterocycles. The second kappa shape index (κ2) is 3.87. The minimum atomic E-state index is -0.803. The van der Waals surface area contributed by atoms with E-state index < -0.39 is 6.17 Å². The van der Waals surface area contributed by atoms with Gasteiger partial charge in [0.05, 0.1) is 11.0 Å². The third kappa shape index (κ3) is 1.59. The van der Waals surface area contributed by atoms with Gasteiger partial charge >= 0.3 is 0 Å². The van der Waals surface area contributed by atoms with Crippen LogP contribution in [0.15, 0.2) is 24.5 Å². The van der Waals surface area contributed by atoms with Gasteiger partial charge in [0.2, 0.25) is 0 Å². The van der Waals surface area contributed by atoms with Gasteiger partial charge in [0.15, 0.2) is 0 Å². The summed E-state index contributed by atoms with van der Waals surface area (Å²) in [6.07, 6.45) is 3.70. The van der Waals surface area contributed by atoms with Crippen molar-refractivity contribution in [3.63, 3.8) is 0 Å². The molecular formula is C12H14FN3. The monoisotopic (exact) mass is 219 g/mol. The number of piperidine rings is 1. The summed E-state index contributed by atoms with van der Waals surface area (Å²) in [5, 5.41) is 3.06. The average molecular weight is 219 g/mol. The first kappa shape index (κ1) is 9.78. The molecule has 0 bridgehead atoms. The molecule has 16 heavy (non-hydrogen) atoms. The smallest absolute Gasteiger partial charge is 0.119 e. The van der Waals surface area contributed by atoms with Gasteiger partial charge in [-0.1, -0.05) is 0 Å². The second-order valence-electron chi connectivity index (χ2n) is 4.29. The maximum atomic E-state index is 13.8. The third-order valence-corrected chi connectivity index (χ3v) is 3.26. The molecule has 2 aromatic rings. The number of hydrogen-bond donors (Lipinski definition) is 2. The van der Waals surface area contributed by atoms with Crippen molar-refractivity contribution in [2.24, 2.45) is 0 Å². The van der Waals surface area contributed by atoms with Crippen molar-refractivity contribution in [1.82, 2.24) is 15.3 Å². The number of fused-ring (bicyclic) bond motifs is 1. The molecular weight excluding hydrogens is 205 g/mol. The van der Waals surface area contributed by atoms with E-state index in [9.17, 15) is 4.39 Å². The van der Waals surface area contributed by atoms with Crippen molar-refractivity contribution >= 4 is 11.0 Å². The Morgan fingerprint density at radius 3 is 3.25 bits per heavy atom. The summed E-state index contributed by atoms with van der Waals surface area (Å²) >= 11 is 0. The Kier molecular flexibility index (Phi) is 2.36. The van der Waals surface area contributed by atoms with E-state index in [1.165, 1.54) is 0 Å². The van der Waals surface area contributed by atoms with Gasteiger partial charge in [-0.05, 0) is 30.7 Å². The van der Waals surface area contributed by atoms with Gasteiger partial charge in [0.25, 0.3) is 0 Å². The molecule has 0 aliphatic carbocycles. The molecule has 1 aliphatic rings. The van der Waals surface area contributed by atoms with Crippen molar-refractivity contribution in [1.29, 1.82) is 0 Å². The first-order valence-electron chi connectivity index (χ1n) is 5.62. The highest BCUT2D eigenvalue weighted by Crippen LogP contribution is 2.28. The molecule has 2 unspecified atom stereocenters. The van der Waals surface area contributed by atoms with Crippen LogP contribution in [0.5, 0.6) is 0 Å². The van der Waals surface area contributed by atoms with E-state index >= 15 is 0 Å². The van der Waals surface area contributed by atoms with Gasteiger partial charge in [-0.15, -0.1) is 0 Å². The fourth-order valence-corrected chi connectivity index (χ4v) is 2.35. The first-order valence-corrected chi connectivity index (χ1v) is 5.62. The van der Waals surface area contributed by atoms with Crippen LogP contribution in [-0.4, -0.2) is 29.2 Å². The number of pyridine rings is 1. The van der Waals surface area contributed by atoms with E-state index in [2.05, 4.69) is 15.3 Å². The average Bonchev–Trinajstić information content (AvgIpc) is 2.76. The third-order valence-electron chi connectivity index (χ3n) is 3.26. The van der Waals surface area contributed by atoms with Gasteiger partial charge in [-0.3, -0.25) is 4.98 Å². The number of hydrogen-bond acceptors (Lipinski definition) is 2. The Hall–Kier alpha value is -1.42. The van der Waals surface area contributed by atoms with Gasteiger partial charge in [0.1, 0.15) is 6.17 Å². The lowest BCUT2D eigenvalue weighted by Gasteiger charge is -2.26. The SMILES string of the molecule is FC1CNCCC1c1cnc2cc[nH]c2c1. The van der Waals surface area contributed by atoms with E-state index in [1.54, 1.807) is 6.20 Å². The molecule has 0 amide bonds. The fraction of sp³-hybridized carbons (Fsp3) is 0.417. The summed E-state index contributed by atoms with van der Waals surface area (Å²) < 4.78 is 13.8. The van der Waals surface area contributed by atoms with Crippen LogP contribution in [0, 0.1) is 0 Å². The minimum Gasteiger partial charge on any atom is -0.360 e. The Balaban J connectivity index is 1.97. The molecule has 84 valence electrons. The summed E-state index contributed by atoms with van der Waals surface area (Å²) in [6, 6.07) is 3.94. The number of rotatable bonds is 1. The molecule has 3 nitrogen and oxygen atoms in total. The largest absolute Gasteiger partial charge is 0.360 e. The van der Waals surface area contributed by atoms with Gasteiger partial charge in [-0.2, -0.15) is 0 Å². The summed E-state index contributed by atoms with van der Waals surface area (Å²) in [6.45, 7) is 1.33. The highest BCUT2D eigenvalue weighted by molar-refractivity contribution is 5.75. The van der Waals surface area contributed by atoms with Crippen LogP contribution in [-0.2, 0) is 0 Å². The zero-order valence-electron chi connectivity index (χ0n) is 8.91. The van der Waals surface area contributed by atoms with E-state index in [1.807, 2.05) is 18.3 Å². The van der Waals surface area contributed by atoms with Crippen molar-refractivity contribution < 1.29 is 4.39 Å². The lowest BCUT2D eigenvalue weighted by molar-refractivity contribution is 0.231. The zero-order chi connectivity index (χ0) is 11.0. The molecule has 4 heteroatoms. The van der Waals surface area contributed by atoms with Crippen LogP contribution in [0.4, 0.5) is 4.39 Å². The number of nitrogens with zero attached hydrogens (tertiary/aromatic N) is 1. The first-order chi connectivity index (χ1) is 7.84. The summed E-state index contributed by atoms with van der Waals surface area (Å²) in [5.41, 5.74) is 2.93. The van der Waals surface area contributed by atoms with Crippen LogP contribution >= 0.6 is 0 Å². The number of alkyl halides is 1. The van der Waals surface area contributed by atoms with Crippen molar-refractivity contribution in [2.45, 2.75) is 18.5 Å². The van der Waals surface area contributed by atoms with Crippen molar-refractivity contribution in [2.75, 3.05) is 13.1 Å². The summed E-state index contributed by atoms with van der Waals surface area (Å²) in [4.78, 5) is 7.45. The zero-order valence-corrected chi connectivity index (χ0v) is 8.91. The van der Waals surface area contributed by atoms with Crippen LogP contribution in [0.2, 0.25) is 0 Å². The Labute approximate surface area is 93.1 Å². The molecule has 1 saturated heterocycles. The van der Waals surface area contributed by atoms with Crippen LogP contribution in [0.25, 0.3) is 11.0 Å². The number of nitrogens with one attached hydrogen (secondary N) is 2. The van der Waals surface area contributed by atoms with Gasteiger partial charge in [0, 0.05) is 24.9 Å². The predicted octanol–water partition coefficient (Wildman–Crippen LogP) is 1.98. The normalized spacial score (nSPS) is 26.1. The molecule has 3 heterocycles. The van der Waals surface area contributed by atoms with Gasteiger partial charge in [-0.25, -0.2) is 4.39 Å². The Bertz CT molecular complexity index is 494. The number of aromatic amines is 1. The number of halogens is 1. The Morgan fingerprint density at radius 1 is 1.44 bits per heavy atom. The minimum absolute atomic E-state index is 0.0125. The topological polar surface area (TPSA) is 40.7 Å². The van der Waals surface area contributed by atoms with Crippen molar-refractivity contribution in [3.8, 4) is 0 Å². The van der Waals surface area contributed by atoms with Crippen molar-refractivity contribution in [3.05, 3.63) is 30.1 Å². The quantitative estimate of drug-likeness (QED) is 0.770. The predicted molar refractivity (Wildman–Crippen MR) is 61.2 cm³/mol. The molecule has 3 rings (SSSR count). The molecule has 2 atom stereocenters. The molecule has 0 aromatic carbocycles. The molecule has 0 saturated carbocycles. The number of aromatic nitrogens is 2. The summed E-state index contributed by atoms with van der Waals surface area (Å²) in [7, 11) is 0. The maximum Gasteiger partial charge on any atom is 0.119 e.